The molecule has 0 bridgehead atoms. The Labute approximate surface area is 229 Å². The Bertz CT molecular complexity index is 1230. The predicted molar refractivity (Wildman–Crippen MR) is 124 cm³/mol. The third-order valence-electron chi connectivity index (χ3n) is 4.79. The van der Waals surface area contributed by atoms with Gasteiger partial charge >= 0.3 is 51.4 Å². The van der Waals surface area contributed by atoms with Gasteiger partial charge in [0.1, 0.15) is 11.6 Å². The van der Waals surface area contributed by atoms with Crippen LogP contribution in [0.4, 0.5) is 0 Å². The largest absolute Gasteiger partial charge is 1.00 e. The van der Waals surface area contributed by atoms with Gasteiger partial charge in [-0.1, -0.05) is 48.5 Å². The molecule has 0 radical (unpaired) electrons. The summed E-state index contributed by atoms with van der Waals surface area (Å²) in [5.74, 6) is 0.491. The van der Waals surface area contributed by atoms with Gasteiger partial charge in [-0.15, -0.1) is 0 Å². The summed E-state index contributed by atoms with van der Waals surface area (Å²) in [4.78, 5) is 11.8. The maximum atomic E-state index is 10.9. The van der Waals surface area contributed by atoms with Crippen molar-refractivity contribution in [3.8, 4) is 0 Å². The minimum absolute atomic E-state index is 0. The van der Waals surface area contributed by atoms with E-state index in [9.17, 15) is 5.11 Å². The summed E-state index contributed by atoms with van der Waals surface area (Å²) in [5, 5.41) is 15.2. The second-order valence-corrected chi connectivity index (χ2v) is 7.18. The number of H-pyrrole nitrogens is 1. The Balaban J connectivity index is 0.00000289. The number of rotatable bonds is 7. The Morgan fingerprint density at radius 2 is 1.97 bits per heavy atom. The maximum absolute atomic E-state index is 10.9. The van der Waals surface area contributed by atoms with Crippen molar-refractivity contribution in [2.75, 3.05) is 0 Å². The number of hydrogen-bond donors (Lipinski definition) is 3. The third kappa shape index (κ3) is 6.13. The molecular weight excluding hydrogens is 427 g/mol. The summed E-state index contributed by atoms with van der Waals surface area (Å²) < 4.78 is 0. The van der Waals surface area contributed by atoms with Crippen LogP contribution in [0, 0.1) is 6.92 Å². The van der Waals surface area contributed by atoms with Gasteiger partial charge in [-0.2, -0.15) is 0 Å². The van der Waals surface area contributed by atoms with Gasteiger partial charge in [0, 0.05) is 30.6 Å². The van der Waals surface area contributed by atoms with Crippen molar-refractivity contribution >= 4 is 22.8 Å². The fraction of sp³-hybridized carbons (Fsp3) is 0.125. The van der Waals surface area contributed by atoms with Crippen molar-refractivity contribution in [3.63, 3.8) is 0 Å². The molecule has 2 aromatic heterocycles. The van der Waals surface area contributed by atoms with Crippen LogP contribution in [0.5, 0.6) is 0 Å². The van der Waals surface area contributed by atoms with Crippen LogP contribution in [-0.2, 0) is 13.1 Å². The van der Waals surface area contributed by atoms with E-state index < -0.39 is 0 Å². The van der Waals surface area contributed by atoms with Crippen molar-refractivity contribution in [2.45, 2.75) is 20.0 Å². The molecule has 0 aliphatic carbocycles. The number of nitrogens with one attached hydrogen (secondary N) is 1. The smallest absolute Gasteiger partial charge is 0.598 e. The Morgan fingerprint density at radius 3 is 2.69 bits per heavy atom. The van der Waals surface area contributed by atoms with Crippen LogP contribution < -0.4 is 57.1 Å². The van der Waals surface area contributed by atoms with Crippen molar-refractivity contribution in [3.05, 3.63) is 106 Å². The summed E-state index contributed by atoms with van der Waals surface area (Å²) in [6, 6.07) is 17.3. The standard InChI is InChI=1S/C24H23N6O.K/c1-16-4-7-19(8-5-16)24(30-27-15-18-3-2-10-26-14-18)22(31)12-23-28-20-9-6-17(13-25)11-21(20)29-23;/h2-12,14H,13,15,25H2,1H3,(H2-,27,28,29,30,31);/q-1;+1. The van der Waals surface area contributed by atoms with E-state index in [0.717, 1.165) is 33.3 Å². The first kappa shape index (κ1) is 24.3. The molecule has 32 heavy (non-hydrogen) atoms. The molecule has 156 valence electrons. The predicted octanol–water partition coefficient (Wildman–Crippen LogP) is 1.61. The molecule has 0 atom stereocenters. The van der Waals surface area contributed by atoms with Gasteiger partial charge in [-0.3, -0.25) is 4.98 Å². The molecule has 8 heteroatoms. The second-order valence-electron chi connectivity index (χ2n) is 7.18. The minimum Gasteiger partial charge on any atom is -0.598 e. The van der Waals surface area contributed by atoms with Crippen LogP contribution in [0.2, 0.25) is 0 Å². The quantitative estimate of drug-likeness (QED) is 0.172. The zero-order chi connectivity index (χ0) is 21.6. The number of aryl methyl sites for hydroxylation is 1. The molecule has 0 saturated heterocycles. The van der Waals surface area contributed by atoms with Crippen LogP contribution in [0.3, 0.4) is 0 Å². The van der Waals surface area contributed by atoms with E-state index in [1.54, 1.807) is 18.5 Å². The number of benzene rings is 2. The molecule has 2 heterocycles. The SMILES string of the molecule is Cc1ccc(C(=N/[N-]Cc2cccnc2)/C(O)=C/c2nc3ccc(CN)cc3[nH]2)cc1.[K+]. The summed E-state index contributed by atoms with van der Waals surface area (Å²) in [5.41, 5.74) is 15.8. The van der Waals surface area contributed by atoms with E-state index in [1.165, 1.54) is 0 Å². The first-order valence-electron chi connectivity index (χ1n) is 9.92. The Hall–Kier alpha value is -2.33. The van der Waals surface area contributed by atoms with Gasteiger partial charge in [-0.25, -0.2) is 4.98 Å². The zero-order valence-corrected chi connectivity index (χ0v) is 21.3. The third-order valence-corrected chi connectivity index (χ3v) is 4.79. The molecule has 0 aliphatic heterocycles. The van der Waals surface area contributed by atoms with Crippen molar-refractivity contribution < 1.29 is 56.5 Å². The van der Waals surface area contributed by atoms with Gasteiger partial charge in [0.15, 0.2) is 0 Å². The van der Waals surface area contributed by atoms with Crippen LogP contribution in [0.15, 0.2) is 77.9 Å². The first-order valence-corrected chi connectivity index (χ1v) is 9.92. The molecule has 0 aliphatic rings. The summed E-state index contributed by atoms with van der Waals surface area (Å²) in [6.45, 7) is 2.82. The van der Waals surface area contributed by atoms with E-state index in [4.69, 9.17) is 5.73 Å². The van der Waals surface area contributed by atoms with Crippen molar-refractivity contribution in [1.82, 2.24) is 15.0 Å². The Kier molecular flexibility index (Phi) is 8.74. The number of imidazole rings is 1. The van der Waals surface area contributed by atoms with E-state index >= 15 is 0 Å². The Morgan fingerprint density at radius 1 is 1.16 bits per heavy atom. The molecule has 4 rings (SSSR count). The normalized spacial score (nSPS) is 11.9. The molecule has 2 aromatic carbocycles. The van der Waals surface area contributed by atoms with Crippen LogP contribution in [-0.4, -0.2) is 25.8 Å². The molecule has 7 nitrogen and oxygen atoms in total. The van der Waals surface area contributed by atoms with E-state index in [1.807, 2.05) is 61.5 Å². The van der Waals surface area contributed by atoms with Gasteiger partial charge in [0.25, 0.3) is 0 Å². The van der Waals surface area contributed by atoms with E-state index in [0.29, 0.717) is 24.6 Å². The van der Waals surface area contributed by atoms with Crippen LogP contribution >= 0.6 is 0 Å². The molecule has 0 fully saturated rings. The van der Waals surface area contributed by atoms with E-state index in [2.05, 4.69) is 25.5 Å². The number of fused-ring (bicyclic) bond motifs is 1. The van der Waals surface area contributed by atoms with Crippen LogP contribution in [0.25, 0.3) is 22.5 Å². The molecule has 0 saturated carbocycles. The summed E-state index contributed by atoms with van der Waals surface area (Å²) in [6.07, 6.45) is 5.01. The van der Waals surface area contributed by atoms with Gasteiger partial charge < -0.3 is 26.4 Å². The number of allylic oxidation sites excluding steroid dienone is 1. The number of pyridine rings is 1. The van der Waals surface area contributed by atoms with Gasteiger partial charge in [0.05, 0.1) is 16.7 Å². The monoisotopic (exact) mass is 450 g/mol. The second kappa shape index (κ2) is 11.5. The topological polar surface area (TPSA) is 114 Å². The summed E-state index contributed by atoms with van der Waals surface area (Å²) >= 11 is 0. The van der Waals surface area contributed by atoms with E-state index in [-0.39, 0.29) is 57.1 Å². The van der Waals surface area contributed by atoms with Crippen molar-refractivity contribution in [2.24, 2.45) is 10.8 Å². The molecule has 0 unspecified atom stereocenters. The van der Waals surface area contributed by atoms with Crippen molar-refractivity contribution in [1.29, 1.82) is 0 Å². The number of nitrogens with two attached hydrogens (primary N) is 1. The number of nitrogens with zero attached hydrogens (tertiary/aromatic N) is 4. The molecule has 0 spiro atoms. The van der Waals surface area contributed by atoms with Gasteiger partial charge in [0.2, 0.25) is 0 Å². The number of aliphatic hydroxyl groups is 1. The fourth-order valence-electron chi connectivity index (χ4n) is 3.12. The molecule has 4 aromatic rings. The zero-order valence-electron chi connectivity index (χ0n) is 18.2. The fourth-order valence-corrected chi connectivity index (χ4v) is 3.12. The average molecular weight is 451 g/mol. The van der Waals surface area contributed by atoms with Crippen LogP contribution in [0.1, 0.15) is 28.1 Å². The number of hydrogen-bond acceptors (Lipinski definition) is 5. The molecule has 0 amide bonds. The van der Waals surface area contributed by atoms with Gasteiger partial charge in [-0.05, 0) is 36.2 Å². The average Bonchev–Trinajstić information content (AvgIpc) is 3.19. The number of aromatic amines is 1. The summed E-state index contributed by atoms with van der Waals surface area (Å²) in [7, 11) is 0. The first-order chi connectivity index (χ1) is 15.1. The molecular formula is C24H23KN6O. The minimum atomic E-state index is -0.0307. The number of aromatic nitrogens is 3. The number of aliphatic hydroxyl groups excluding tert-OH is 1. The molecule has 4 N–H and O–H groups in total. The maximum Gasteiger partial charge on any atom is 1.00 e.